The Morgan fingerprint density at radius 1 is 1.45 bits per heavy atom. The number of aromatic carboxylic acids is 1. The Balaban J connectivity index is 1.90. The van der Waals surface area contributed by atoms with Crippen molar-refractivity contribution in [3.05, 3.63) is 29.3 Å². The number of hydrogen-bond acceptors (Lipinski definition) is 3. The number of amides is 1. The Bertz CT molecular complexity index is 570. The zero-order chi connectivity index (χ0) is 14.3. The van der Waals surface area contributed by atoms with Crippen LogP contribution in [0.15, 0.2) is 18.2 Å². The van der Waals surface area contributed by atoms with Crippen molar-refractivity contribution in [2.75, 3.05) is 18.0 Å². The van der Waals surface area contributed by atoms with E-state index in [0.717, 1.165) is 30.6 Å². The second-order valence-corrected chi connectivity index (χ2v) is 5.56. The van der Waals surface area contributed by atoms with Crippen LogP contribution in [0, 0.1) is 12.8 Å². The number of carboxylic acid groups (broad SMARTS) is 1. The molecule has 20 heavy (non-hydrogen) atoms. The Morgan fingerprint density at radius 3 is 2.95 bits per heavy atom. The summed E-state index contributed by atoms with van der Waals surface area (Å²) in [5, 5.41) is 12.0. The molecule has 1 amide bonds. The fraction of sp³-hybridized carbons (Fsp3) is 0.467. The van der Waals surface area contributed by atoms with Crippen LogP contribution in [0.5, 0.6) is 0 Å². The molecule has 2 aliphatic rings. The SMILES string of the molecule is Cc1cc(N2CCCC3C(=O)NCC32)ccc1C(=O)O. The molecule has 5 nitrogen and oxygen atoms in total. The minimum Gasteiger partial charge on any atom is -0.478 e. The van der Waals surface area contributed by atoms with E-state index >= 15 is 0 Å². The number of piperidine rings is 1. The van der Waals surface area contributed by atoms with Crippen molar-refractivity contribution < 1.29 is 14.7 Å². The van der Waals surface area contributed by atoms with Crippen molar-refractivity contribution in [3.8, 4) is 0 Å². The summed E-state index contributed by atoms with van der Waals surface area (Å²) in [6, 6.07) is 5.61. The molecular weight excluding hydrogens is 256 g/mol. The van der Waals surface area contributed by atoms with Gasteiger partial charge in [-0.3, -0.25) is 4.79 Å². The van der Waals surface area contributed by atoms with Crippen LogP contribution in [0.25, 0.3) is 0 Å². The number of rotatable bonds is 2. The Hall–Kier alpha value is -2.04. The lowest BCUT2D eigenvalue weighted by Crippen LogP contribution is -2.45. The third-order valence-corrected chi connectivity index (χ3v) is 4.37. The van der Waals surface area contributed by atoms with E-state index < -0.39 is 5.97 Å². The van der Waals surface area contributed by atoms with E-state index in [0.29, 0.717) is 12.1 Å². The fourth-order valence-electron chi connectivity index (χ4n) is 3.34. The number of nitrogens with one attached hydrogen (secondary N) is 1. The molecule has 2 N–H and O–H groups in total. The van der Waals surface area contributed by atoms with E-state index in [1.54, 1.807) is 6.07 Å². The van der Waals surface area contributed by atoms with Gasteiger partial charge >= 0.3 is 5.97 Å². The number of carbonyl (C=O) groups is 2. The minimum atomic E-state index is -0.900. The lowest BCUT2D eigenvalue weighted by Gasteiger charge is -2.38. The molecule has 2 saturated heterocycles. The van der Waals surface area contributed by atoms with Gasteiger partial charge in [-0.15, -0.1) is 0 Å². The third-order valence-electron chi connectivity index (χ3n) is 4.37. The lowest BCUT2D eigenvalue weighted by molar-refractivity contribution is -0.123. The predicted molar refractivity (Wildman–Crippen MR) is 75.0 cm³/mol. The fourth-order valence-corrected chi connectivity index (χ4v) is 3.34. The van der Waals surface area contributed by atoms with Crippen LogP contribution >= 0.6 is 0 Å². The standard InChI is InChI=1S/C15H18N2O3/c1-9-7-10(4-5-11(9)15(19)20)17-6-2-3-12-13(17)8-16-14(12)18/h4-5,7,12-13H,2-3,6,8H2,1H3,(H,16,18)(H,19,20). The summed E-state index contributed by atoms with van der Waals surface area (Å²) in [6.07, 6.45) is 1.94. The van der Waals surface area contributed by atoms with Gasteiger partial charge in [0.2, 0.25) is 5.91 Å². The van der Waals surface area contributed by atoms with Gasteiger partial charge in [-0.25, -0.2) is 4.79 Å². The van der Waals surface area contributed by atoms with Crippen LogP contribution in [0.2, 0.25) is 0 Å². The number of carboxylic acids is 1. The van der Waals surface area contributed by atoms with Crippen molar-refractivity contribution >= 4 is 17.6 Å². The van der Waals surface area contributed by atoms with Crippen LogP contribution in [0.1, 0.15) is 28.8 Å². The van der Waals surface area contributed by atoms with Gasteiger partial charge in [0.05, 0.1) is 17.5 Å². The molecule has 2 fully saturated rings. The van der Waals surface area contributed by atoms with E-state index in [4.69, 9.17) is 5.11 Å². The first-order chi connectivity index (χ1) is 9.58. The van der Waals surface area contributed by atoms with Gasteiger partial charge in [0.15, 0.2) is 0 Å². The van der Waals surface area contributed by atoms with E-state index in [2.05, 4.69) is 10.2 Å². The lowest BCUT2D eigenvalue weighted by atomic mass is 9.90. The Kier molecular flexibility index (Phi) is 3.12. The highest BCUT2D eigenvalue weighted by atomic mass is 16.4. The molecule has 5 heteroatoms. The average molecular weight is 274 g/mol. The zero-order valence-corrected chi connectivity index (χ0v) is 11.4. The molecule has 106 valence electrons. The maximum absolute atomic E-state index is 11.8. The Labute approximate surface area is 117 Å². The molecule has 1 aromatic rings. The first-order valence-corrected chi connectivity index (χ1v) is 6.96. The highest BCUT2D eigenvalue weighted by Gasteiger charge is 2.40. The van der Waals surface area contributed by atoms with Gasteiger partial charge in [-0.05, 0) is 43.5 Å². The first kappa shape index (κ1) is 13.0. The molecule has 0 spiro atoms. The topological polar surface area (TPSA) is 69.6 Å². The maximum atomic E-state index is 11.8. The van der Waals surface area contributed by atoms with Gasteiger partial charge < -0.3 is 15.3 Å². The second kappa shape index (κ2) is 4.81. The van der Waals surface area contributed by atoms with Crippen molar-refractivity contribution in [1.82, 2.24) is 5.32 Å². The molecule has 2 atom stereocenters. The summed E-state index contributed by atoms with van der Waals surface area (Å²) in [5.74, 6) is -0.676. The highest BCUT2D eigenvalue weighted by molar-refractivity contribution is 5.90. The molecule has 0 bridgehead atoms. The molecule has 1 aromatic carbocycles. The van der Waals surface area contributed by atoms with Crippen LogP contribution in [0.3, 0.4) is 0 Å². The molecule has 2 heterocycles. The number of hydrogen-bond donors (Lipinski definition) is 2. The van der Waals surface area contributed by atoms with Gasteiger partial charge in [0.1, 0.15) is 0 Å². The van der Waals surface area contributed by atoms with E-state index in [1.807, 2.05) is 19.1 Å². The van der Waals surface area contributed by atoms with Gasteiger partial charge in [-0.1, -0.05) is 0 Å². The summed E-state index contributed by atoms with van der Waals surface area (Å²) in [4.78, 5) is 25.1. The number of anilines is 1. The number of nitrogens with zero attached hydrogens (tertiary/aromatic N) is 1. The summed E-state index contributed by atoms with van der Waals surface area (Å²) in [5.41, 5.74) is 2.11. The third kappa shape index (κ3) is 2.03. The minimum absolute atomic E-state index is 0.0724. The number of benzene rings is 1. The largest absolute Gasteiger partial charge is 0.478 e. The molecule has 0 aliphatic carbocycles. The Morgan fingerprint density at radius 2 is 2.25 bits per heavy atom. The molecule has 2 unspecified atom stereocenters. The summed E-state index contributed by atoms with van der Waals surface area (Å²) in [7, 11) is 0. The molecular formula is C15H18N2O3. The predicted octanol–water partition coefficient (Wildman–Crippen LogP) is 1.41. The first-order valence-electron chi connectivity index (χ1n) is 6.96. The number of aryl methyl sites for hydroxylation is 1. The molecule has 0 radical (unpaired) electrons. The van der Waals surface area contributed by atoms with Crippen molar-refractivity contribution in [1.29, 1.82) is 0 Å². The molecule has 3 rings (SSSR count). The normalized spacial score (nSPS) is 25.2. The smallest absolute Gasteiger partial charge is 0.335 e. The zero-order valence-electron chi connectivity index (χ0n) is 11.4. The van der Waals surface area contributed by atoms with Crippen LogP contribution in [-0.2, 0) is 4.79 Å². The van der Waals surface area contributed by atoms with E-state index in [1.165, 1.54) is 0 Å². The molecule has 0 aromatic heterocycles. The summed E-state index contributed by atoms with van der Waals surface area (Å²) >= 11 is 0. The average Bonchev–Trinajstić information content (AvgIpc) is 2.80. The molecule has 0 saturated carbocycles. The monoisotopic (exact) mass is 274 g/mol. The van der Waals surface area contributed by atoms with Crippen molar-refractivity contribution in [3.63, 3.8) is 0 Å². The highest BCUT2D eigenvalue weighted by Crippen LogP contribution is 2.32. The van der Waals surface area contributed by atoms with Crippen LogP contribution in [0.4, 0.5) is 5.69 Å². The van der Waals surface area contributed by atoms with Gasteiger partial charge in [-0.2, -0.15) is 0 Å². The number of carbonyl (C=O) groups excluding carboxylic acids is 1. The van der Waals surface area contributed by atoms with Gasteiger partial charge in [0.25, 0.3) is 0 Å². The summed E-state index contributed by atoms with van der Waals surface area (Å²) < 4.78 is 0. The second-order valence-electron chi connectivity index (χ2n) is 5.56. The summed E-state index contributed by atoms with van der Waals surface area (Å²) in [6.45, 7) is 3.41. The van der Waals surface area contributed by atoms with Gasteiger partial charge in [0, 0.05) is 18.8 Å². The van der Waals surface area contributed by atoms with Crippen LogP contribution < -0.4 is 10.2 Å². The van der Waals surface area contributed by atoms with Crippen molar-refractivity contribution in [2.24, 2.45) is 5.92 Å². The van der Waals surface area contributed by atoms with Crippen molar-refractivity contribution in [2.45, 2.75) is 25.8 Å². The number of fused-ring (bicyclic) bond motifs is 1. The quantitative estimate of drug-likeness (QED) is 0.855. The van der Waals surface area contributed by atoms with E-state index in [9.17, 15) is 9.59 Å². The maximum Gasteiger partial charge on any atom is 0.335 e. The molecule has 2 aliphatic heterocycles. The van der Waals surface area contributed by atoms with E-state index in [-0.39, 0.29) is 17.9 Å². The van der Waals surface area contributed by atoms with Crippen LogP contribution in [-0.4, -0.2) is 36.1 Å².